The van der Waals surface area contributed by atoms with Crippen LogP contribution in [0.2, 0.25) is 0 Å². The van der Waals surface area contributed by atoms with E-state index in [0.29, 0.717) is 10.2 Å². The number of rotatable bonds is 4. The summed E-state index contributed by atoms with van der Waals surface area (Å²) in [4.78, 5) is 25.4. The molecule has 128 valence electrons. The summed E-state index contributed by atoms with van der Waals surface area (Å²) in [5.41, 5.74) is 4.34. The molecule has 1 aromatic carbocycles. The molecule has 0 aliphatic carbocycles. The van der Waals surface area contributed by atoms with Crippen molar-refractivity contribution < 1.29 is 4.79 Å². The highest BCUT2D eigenvalue weighted by molar-refractivity contribution is 9.10. The number of para-hydroxylation sites is 1. The first-order valence-corrected chi connectivity index (χ1v) is 8.90. The van der Waals surface area contributed by atoms with Gasteiger partial charge in [0.05, 0.1) is 4.47 Å². The Labute approximate surface area is 151 Å². The highest BCUT2D eigenvalue weighted by Crippen LogP contribution is 2.24. The number of aromatic nitrogens is 1. The van der Waals surface area contributed by atoms with E-state index >= 15 is 0 Å². The van der Waals surface area contributed by atoms with Crippen molar-refractivity contribution in [3.63, 3.8) is 0 Å². The Balaban J connectivity index is 2.56. The van der Waals surface area contributed by atoms with Crippen LogP contribution in [0.4, 0.5) is 5.69 Å². The molecular formula is C19H23BrN2O2. The average Bonchev–Trinajstić information content (AvgIpc) is 2.58. The van der Waals surface area contributed by atoms with Crippen LogP contribution in [-0.4, -0.2) is 10.5 Å². The number of nitrogens with zero attached hydrogens (tertiary/aromatic N) is 1. The molecule has 0 atom stereocenters. The zero-order chi connectivity index (χ0) is 18.0. The molecule has 1 aromatic heterocycles. The minimum absolute atomic E-state index is 0.183. The monoisotopic (exact) mass is 390 g/mol. The van der Waals surface area contributed by atoms with Crippen LogP contribution >= 0.6 is 15.9 Å². The molecule has 1 amide bonds. The van der Waals surface area contributed by atoms with Crippen LogP contribution in [0.25, 0.3) is 0 Å². The highest BCUT2D eigenvalue weighted by Gasteiger charge is 2.21. The second-order valence-corrected chi connectivity index (χ2v) is 6.65. The fourth-order valence-corrected chi connectivity index (χ4v) is 3.32. The van der Waals surface area contributed by atoms with E-state index in [4.69, 9.17) is 0 Å². The minimum Gasteiger partial charge on any atom is -0.350 e. The van der Waals surface area contributed by atoms with Crippen molar-refractivity contribution in [1.82, 2.24) is 4.57 Å². The summed E-state index contributed by atoms with van der Waals surface area (Å²) in [5, 5.41) is 2.98. The molecular weight excluding hydrogens is 368 g/mol. The Morgan fingerprint density at radius 2 is 1.67 bits per heavy atom. The lowest BCUT2D eigenvalue weighted by Crippen LogP contribution is -2.28. The Bertz CT molecular complexity index is 831. The van der Waals surface area contributed by atoms with E-state index in [0.717, 1.165) is 35.3 Å². The van der Waals surface area contributed by atoms with Gasteiger partial charge < -0.3 is 9.88 Å². The number of carbonyl (C=O) groups excluding carboxylic acids is 1. The summed E-state index contributed by atoms with van der Waals surface area (Å²) in [5.74, 6) is -0.357. The molecule has 1 heterocycles. The summed E-state index contributed by atoms with van der Waals surface area (Å²) in [7, 11) is 1.85. The van der Waals surface area contributed by atoms with Crippen molar-refractivity contribution in [2.75, 3.05) is 5.32 Å². The number of halogens is 1. The van der Waals surface area contributed by atoms with E-state index < -0.39 is 0 Å². The van der Waals surface area contributed by atoms with Gasteiger partial charge in [0.2, 0.25) is 5.43 Å². The second kappa shape index (κ2) is 7.34. The van der Waals surface area contributed by atoms with E-state index in [1.54, 1.807) is 6.92 Å². The number of hydrogen-bond acceptors (Lipinski definition) is 2. The predicted octanol–water partition coefficient (Wildman–Crippen LogP) is 4.14. The molecule has 0 saturated heterocycles. The minimum atomic E-state index is -0.357. The van der Waals surface area contributed by atoms with Gasteiger partial charge in [-0.25, -0.2) is 0 Å². The summed E-state index contributed by atoms with van der Waals surface area (Å²) >= 11 is 3.31. The number of benzene rings is 1. The van der Waals surface area contributed by atoms with Gasteiger partial charge in [0, 0.05) is 24.1 Å². The molecule has 0 bridgehead atoms. The van der Waals surface area contributed by atoms with Gasteiger partial charge in [-0.1, -0.05) is 32.0 Å². The number of amides is 1. The first-order chi connectivity index (χ1) is 11.3. The molecule has 0 radical (unpaired) electrons. The summed E-state index contributed by atoms with van der Waals surface area (Å²) in [6.07, 6.45) is 1.63. The number of anilines is 1. The molecule has 5 heteroatoms. The maximum absolute atomic E-state index is 12.9. The lowest BCUT2D eigenvalue weighted by molar-refractivity contribution is 0.102. The van der Waals surface area contributed by atoms with Crippen LogP contribution in [0.5, 0.6) is 0 Å². The van der Waals surface area contributed by atoms with Crippen LogP contribution in [0.1, 0.15) is 46.7 Å². The fraction of sp³-hybridized carbons (Fsp3) is 0.368. The van der Waals surface area contributed by atoms with Crippen molar-refractivity contribution >= 4 is 27.5 Å². The number of aryl methyl sites for hydroxylation is 2. The maximum Gasteiger partial charge on any atom is 0.261 e. The first-order valence-electron chi connectivity index (χ1n) is 8.11. The topological polar surface area (TPSA) is 51.1 Å². The normalized spacial score (nSPS) is 10.8. The smallest absolute Gasteiger partial charge is 0.261 e. The van der Waals surface area contributed by atoms with Crippen LogP contribution in [0, 0.1) is 13.8 Å². The van der Waals surface area contributed by atoms with Crippen molar-refractivity contribution in [3.05, 3.63) is 61.0 Å². The molecule has 2 aromatic rings. The SMILES string of the molecule is CCc1cccc(CC)c1NC(=O)c1c(C)n(C)c(C)c(Br)c1=O. The van der Waals surface area contributed by atoms with Crippen LogP contribution < -0.4 is 10.7 Å². The van der Waals surface area contributed by atoms with E-state index in [2.05, 4.69) is 35.1 Å². The third-order valence-electron chi connectivity index (χ3n) is 4.58. The molecule has 0 saturated carbocycles. The van der Waals surface area contributed by atoms with Crippen molar-refractivity contribution in [2.24, 2.45) is 7.05 Å². The van der Waals surface area contributed by atoms with E-state index in [9.17, 15) is 9.59 Å². The van der Waals surface area contributed by atoms with E-state index in [1.807, 2.05) is 36.7 Å². The maximum atomic E-state index is 12.9. The van der Waals surface area contributed by atoms with Gasteiger partial charge in [0.25, 0.3) is 5.91 Å². The zero-order valence-electron chi connectivity index (χ0n) is 14.8. The van der Waals surface area contributed by atoms with Crippen molar-refractivity contribution in [3.8, 4) is 0 Å². The number of nitrogens with one attached hydrogen (secondary N) is 1. The molecule has 4 nitrogen and oxygen atoms in total. The Hall–Kier alpha value is -1.88. The first kappa shape index (κ1) is 18.5. The van der Waals surface area contributed by atoms with Crippen molar-refractivity contribution in [1.29, 1.82) is 0 Å². The Morgan fingerprint density at radius 1 is 1.12 bits per heavy atom. The third-order valence-corrected chi connectivity index (χ3v) is 5.51. The van der Waals surface area contributed by atoms with Crippen LogP contribution in [-0.2, 0) is 19.9 Å². The van der Waals surface area contributed by atoms with E-state index in [-0.39, 0.29) is 16.9 Å². The van der Waals surface area contributed by atoms with Crippen molar-refractivity contribution in [2.45, 2.75) is 40.5 Å². The van der Waals surface area contributed by atoms with Gasteiger partial charge in [-0.3, -0.25) is 9.59 Å². The largest absolute Gasteiger partial charge is 0.350 e. The zero-order valence-corrected chi connectivity index (χ0v) is 16.4. The molecule has 0 unspecified atom stereocenters. The number of carbonyl (C=O) groups is 1. The summed E-state index contributed by atoms with van der Waals surface area (Å²) < 4.78 is 2.28. The average molecular weight is 391 g/mol. The van der Waals surface area contributed by atoms with Gasteiger partial charge in [-0.05, 0) is 53.7 Å². The van der Waals surface area contributed by atoms with Crippen LogP contribution in [0.3, 0.4) is 0 Å². The van der Waals surface area contributed by atoms with E-state index in [1.165, 1.54) is 0 Å². The molecule has 0 fully saturated rings. The quantitative estimate of drug-likeness (QED) is 0.852. The second-order valence-electron chi connectivity index (χ2n) is 5.86. The molecule has 24 heavy (non-hydrogen) atoms. The molecule has 1 N–H and O–H groups in total. The van der Waals surface area contributed by atoms with Gasteiger partial charge in [0.15, 0.2) is 0 Å². The Morgan fingerprint density at radius 3 is 2.17 bits per heavy atom. The summed E-state index contributed by atoms with van der Waals surface area (Å²) in [6, 6.07) is 6.01. The van der Waals surface area contributed by atoms with Gasteiger partial charge in [0.1, 0.15) is 5.56 Å². The lowest BCUT2D eigenvalue weighted by Gasteiger charge is -2.17. The number of pyridine rings is 1. The standard InChI is InChI=1S/C19H23BrN2O2/c1-6-13-9-8-10-14(7-2)17(13)21-19(24)15-11(3)22(5)12(4)16(20)18(15)23/h8-10H,6-7H2,1-5H3,(H,21,24). The number of hydrogen-bond donors (Lipinski definition) is 1. The van der Waals surface area contributed by atoms with Gasteiger partial charge in [-0.15, -0.1) is 0 Å². The van der Waals surface area contributed by atoms with Gasteiger partial charge in [-0.2, -0.15) is 0 Å². The molecule has 0 spiro atoms. The predicted molar refractivity (Wildman–Crippen MR) is 102 cm³/mol. The molecule has 0 aliphatic rings. The lowest BCUT2D eigenvalue weighted by atomic mass is 10.0. The van der Waals surface area contributed by atoms with Crippen LogP contribution in [0.15, 0.2) is 27.5 Å². The molecule has 0 aliphatic heterocycles. The summed E-state index contributed by atoms with van der Waals surface area (Å²) in [6.45, 7) is 7.75. The molecule has 2 rings (SSSR count). The highest BCUT2D eigenvalue weighted by atomic mass is 79.9. The Kier molecular flexibility index (Phi) is 5.65. The van der Waals surface area contributed by atoms with Gasteiger partial charge >= 0.3 is 0 Å². The third kappa shape index (κ3) is 3.18. The fourth-order valence-electron chi connectivity index (χ4n) is 2.85.